The van der Waals surface area contributed by atoms with Crippen molar-refractivity contribution in [3.8, 4) is 39.4 Å². The summed E-state index contributed by atoms with van der Waals surface area (Å²) >= 11 is 0. The zero-order valence-electron chi connectivity index (χ0n) is 56.8. The first kappa shape index (κ1) is 59.4. The zero-order chi connectivity index (χ0) is 67.2. The molecule has 3 aliphatic heterocycles. The Morgan fingerprint density at radius 3 is 0.919 bits per heavy atom. The summed E-state index contributed by atoms with van der Waals surface area (Å²) in [5.74, 6) is 0. The van der Waals surface area contributed by atoms with E-state index in [0.29, 0.717) is 5.56 Å². The minimum absolute atomic E-state index is 0.397. The van der Waals surface area contributed by atoms with Crippen LogP contribution in [-0.4, -0.2) is 15.0 Å². The molecule has 0 radical (unpaired) electrons. The molecule has 2 aliphatic carbocycles. The van der Waals surface area contributed by atoms with Gasteiger partial charge in [0, 0.05) is 18.6 Å². The first-order valence-electron chi connectivity index (χ1n) is 34.4. The van der Waals surface area contributed by atoms with Crippen LogP contribution in [-0.2, 0) is 10.8 Å². The molecule has 99 heavy (non-hydrogen) atoms. The molecule has 1 saturated carbocycles. The second-order valence-corrected chi connectivity index (χ2v) is 28.1. The average Bonchev–Trinajstić information content (AvgIpc) is 1.57. The Bertz CT molecular complexity index is 5480. The number of fused-ring (bicyclic) bond motifs is 11. The monoisotopic (exact) mass is 1280 g/mol. The van der Waals surface area contributed by atoms with Gasteiger partial charge in [0.1, 0.15) is 11.6 Å². The lowest BCUT2D eigenvalue weighted by molar-refractivity contribution is 0.484. The first-order valence-corrected chi connectivity index (χ1v) is 34.4. The topological polar surface area (TPSA) is 81.9 Å². The highest BCUT2D eigenvalue weighted by atomic mass is 15.3. The lowest BCUT2D eigenvalue weighted by Crippen LogP contribution is -2.34. The maximum atomic E-state index is 13.5. The molecule has 13 aromatic rings. The third kappa shape index (κ3) is 8.89. The van der Waals surface area contributed by atoms with E-state index in [2.05, 4.69) is 309 Å². The van der Waals surface area contributed by atoms with Crippen LogP contribution < -0.4 is 29.4 Å². The number of hydrogen-bond acceptors (Lipinski definition) is 10. The molecule has 2 unspecified atom stereocenters. The van der Waals surface area contributed by atoms with Crippen molar-refractivity contribution in [2.75, 3.05) is 29.4 Å². The Labute approximate surface area is 579 Å². The molecule has 0 amide bonds. The molecule has 2 bridgehead atoms. The summed E-state index contributed by atoms with van der Waals surface area (Å²) in [5, 5.41) is 13.5. The summed E-state index contributed by atoms with van der Waals surface area (Å²) < 4.78 is 0. The van der Waals surface area contributed by atoms with E-state index in [1.165, 1.54) is 11.1 Å². The fourth-order valence-electron chi connectivity index (χ4n) is 17.7. The SMILES string of the molecule is Cc1cccc(C)c1N1c2cnccc2N(c2c(C#N)c(N3c4ccncc4N(c4c(C)cccc4C)c4cc(-c5ccccc5)ccc43)c3c(c2N2c4ccncc4N(c4c(C)cccc4C)c4cc(-c5ccccc5)ccc42)C2(C)CCC3(C)C2)c2ccc(-c3ccccc3)cc21. The summed E-state index contributed by atoms with van der Waals surface area (Å²) in [6.45, 7) is 18.3. The maximum absolute atomic E-state index is 13.5. The number of nitrogens with zero attached hydrogens (tertiary/aromatic N) is 10. The summed E-state index contributed by atoms with van der Waals surface area (Å²) in [4.78, 5) is 29.9. The van der Waals surface area contributed by atoms with E-state index in [4.69, 9.17) is 15.0 Å². The van der Waals surface area contributed by atoms with Crippen molar-refractivity contribution in [1.29, 1.82) is 5.26 Å². The van der Waals surface area contributed by atoms with E-state index < -0.39 is 10.8 Å². The number of aromatic nitrogens is 3. The van der Waals surface area contributed by atoms with Crippen molar-refractivity contribution in [1.82, 2.24) is 15.0 Å². The standard InChI is InChI=1S/C89H72N10/c1-55-21-18-22-56(2)82(55)97-74-47-64(61-27-12-9-13-28-61)33-36-68(74)94(71-39-44-91-51-77(71)97)85-67(50-90)86(95-69-37-34-65(62-29-14-10-15-30-62)48-75(69)98(78-52-92-45-40-72(78)95)83-57(3)23-19-24-58(83)4)87(81-80(85)88(7)42-43-89(81,8)54-88)96-70-38-35-66(63-31-16-11-17-32-63)49-76(70)99(79-53-93-46-41-73(79)96)84-59(5)25-20-26-60(84)6/h9-41,44-49,51-53H,42-43,54H2,1-8H3. The van der Waals surface area contributed by atoms with Gasteiger partial charge in [-0.3, -0.25) is 15.0 Å². The Balaban J connectivity index is 1.03. The normalized spacial score (nSPS) is 16.7. The second-order valence-electron chi connectivity index (χ2n) is 28.1. The van der Waals surface area contributed by atoms with E-state index in [9.17, 15) is 5.26 Å². The predicted octanol–water partition coefficient (Wildman–Crippen LogP) is 24.1. The molecule has 0 saturated heterocycles. The Kier molecular flexibility index (Phi) is 13.5. The van der Waals surface area contributed by atoms with Crippen LogP contribution in [0.15, 0.2) is 256 Å². The van der Waals surface area contributed by atoms with Crippen molar-refractivity contribution >= 4 is 102 Å². The van der Waals surface area contributed by atoms with Crippen LogP contribution >= 0.6 is 0 Å². The van der Waals surface area contributed by atoms with Crippen LogP contribution in [0.5, 0.6) is 0 Å². The third-order valence-electron chi connectivity index (χ3n) is 21.9. The maximum Gasteiger partial charge on any atom is 0.104 e. The Morgan fingerprint density at radius 1 is 0.293 bits per heavy atom. The molecule has 10 aromatic carbocycles. The van der Waals surface area contributed by atoms with Gasteiger partial charge >= 0.3 is 0 Å². The number of pyridine rings is 3. The van der Waals surface area contributed by atoms with E-state index in [1.807, 2.05) is 37.2 Å². The lowest BCUT2D eigenvalue weighted by Gasteiger charge is -2.48. The molecule has 478 valence electrons. The van der Waals surface area contributed by atoms with Gasteiger partial charge in [-0.25, -0.2) is 0 Å². The molecule has 10 nitrogen and oxygen atoms in total. The molecule has 2 atom stereocenters. The summed E-state index contributed by atoms with van der Waals surface area (Å²) in [5.41, 5.74) is 32.7. The molecule has 3 aromatic heterocycles. The lowest BCUT2D eigenvalue weighted by atomic mass is 9.73. The minimum Gasteiger partial charge on any atom is -0.304 e. The van der Waals surface area contributed by atoms with E-state index in [0.717, 1.165) is 188 Å². The smallest absolute Gasteiger partial charge is 0.104 e. The highest BCUT2D eigenvalue weighted by Crippen LogP contribution is 2.73. The zero-order valence-corrected chi connectivity index (χ0v) is 56.8. The molecule has 10 heteroatoms. The quantitative estimate of drug-likeness (QED) is 0.139. The molecule has 18 rings (SSSR count). The number of rotatable bonds is 9. The Morgan fingerprint density at radius 2 is 0.586 bits per heavy atom. The molecular weight excluding hydrogens is 1210 g/mol. The van der Waals surface area contributed by atoms with Gasteiger partial charge in [-0.15, -0.1) is 0 Å². The molecule has 1 fully saturated rings. The second kappa shape index (κ2) is 22.5. The highest BCUT2D eigenvalue weighted by molar-refractivity contribution is 6.15. The summed E-state index contributed by atoms with van der Waals surface area (Å²) in [6.07, 6.45) is 14.6. The molecule has 0 spiro atoms. The number of benzene rings is 10. The van der Waals surface area contributed by atoms with Crippen LogP contribution in [0.1, 0.15) is 83.2 Å². The number of anilines is 18. The highest BCUT2D eigenvalue weighted by Gasteiger charge is 2.59. The van der Waals surface area contributed by atoms with Gasteiger partial charge in [0.25, 0.3) is 0 Å². The molecule has 6 heterocycles. The van der Waals surface area contributed by atoms with Gasteiger partial charge in [-0.1, -0.05) is 178 Å². The molecular formula is C89H72N10. The largest absolute Gasteiger partial charge is 0.304 e. The van der Waals surface area contributed by atoms with Crippen molar-refractivity contribution in [2.45, 2.75) is 85.5 Å². The first-order chi connectivity index (χ1) is 48.3. The van der Waals surface area contributed by atoms with E-state index in [-0.39, 0.29) is 0 Å². The van der Waals surface area contributed by atoms with Crippen LogP contribution in [0, 0.1) is 52.9 Å². The van der Waals surface area contributed by atoms with Gasteiger partial charge < -0.3 is 29.4 Å². The number of para-hydroxylation sites is 3. The number of hydrogen-bond donors (Lipinski definition) is 0. The number of aryl methyl sites for hydroxylation is 6. The van der Waals surface area contributed by atoms with Gasteiger partial charge in [0.15, 0.2) is 0 Å². The van der Waals surface area contributed by atoms with Crippen molar-refractivity contribution in [3.05, 3.63) is 306 Å². The minimum atomic E-state index is -0.402. The van der Waals surface area contributed by atoms with Crippen molar-refractivity contribution < 1.29 is 0 Å². The fourth-order valence-corrected chi connectivity index (χ4v) is 17.7. The van der Waals surface area contributed by atoms with Crippen molar-refractivity contribution in [2.24, 2.45) is 0 Å². The third-order valence-corrected chi connectivity index (χ3v) is 21.9. The van der Waals surface area contributed by atoms with Crippen LogP contribution in [0.2, 0.25) is 0 Å². The van der Waals surface area contributed by atoms with Gasteiger partial charge in [-0.05, 0) is 204 Å². The van der Waals surface area contributed by atoms with Gasteiger partial charge in [0.05, 0.1) is 121 Å². The van der Waals surface area contributed by atoms with Crippen LogP contribution in [0.25, 0.3) is 33.4 Å². The van der Waals surface area contributed by atoms with Gasteiger partial charge in [0.2, 0.25) is 0 Å². The average molecular weight is 1280 g/mol. The van der Waals surface area contributed by atoms with Gasteiger partial charge in [-0.2, -0.15) is 5.26 Å². The molecule has 5 aliphatic rings. The van der Waals surface area contributed by atoms with Crippen LogP contribution in [0.4, 0.5) is 102 Å². The molecule has 0 N–H and O–H groups in total. The summed E-state index contributed by atoms with van der Waals surface area (Å²) in [7, 11) is 0. The summed E-state index contributed by atoms with van der Waals surface area (Å²) in [6, 6.07) is 82.4. The van der Waals surface area contributed by atoms with E-state index >= 15 is 0 Å². The predicted molar refractivity (Wildman–Crippen MR) is 407 cm³/mol. The Hall–Kier alpha value is -12.1. The van der Waals surface area contributed by atoms with Crippen molar-refractivity contribution in [3.63, 3.8) is 0 Å². The van der Waals surface area contributed by atoms with Crippen LogP contribution in [0.3, 0.4) is 0 Å². The fraction of sp³-hybridized carbons (Fsp3) is 0.146. The number of nitriles is 1. The van der Waals surface area contributed by atoms with E-state index in [1.54, 1.807) is 0 Å².